The topological polar surface area (TPSA) is 69.0 Å². The Morgan fingerprint density at radius 1 is 0.917 bits per heavy atom. The number of aromatic nitrogens is 5. The first-order valence-corrected chi connectivity index (χ1v) is 11.3. The van der Waals surface area contributed by atoms with E-state index < -0.39 is 17.9 Å². The number of likely N-dealkylation sites (tertiary alicyclic amines) is 1. The first-order valence-electron chi connectivity index (χ1n) is 11.3. The summed E-state index contributed by atoms with van der Waals surface area (Å²) in [5.74, 6) is -6.10. The summed E-state index contributed by atoms with van der Waals surface area (Å²) in [6.07, 6.45) is 0.437. The molecule has 0 aliphatic carbocycles. The Morgan fingerprint density at radius 3 is 2.33 bits per heavy atom. The third-order valence-corrected chi connectivity index (χ3v) is 6.04. The van der Waals surface area contributed by atoms with Gasteiger partial charge in [0, 0.05) is 37.7 Å². The number of imidazole rings is 1. The quantitative estimate of drug-likeness (QED) is 0.348. The van der Waals surface area contributed by atoms with Gasteiger partial charge in [-0.25, -0.2) is 9.97 Å². The molecule has 1 fully saturated rings. The first kappa shape index (κ1) is 24.0. The summed E-state index contributed by atoms with van der Waals surface area (Å²) in [6.45, 7) is 2.43. The molecule has 36 heavy (non-hydrogen) atoms. The molecular weight excluding hydrogens is 483 g/mol. The zero-order chi connectivity index (χ0) is 25.3. The van der Waals surface area contributed by atoms with Gasteiger partial charge in [-0.1, -0.05) is 0 Å². The second-order valence-corrected chi connectivity index (χ2v) is 8.53. The fourth-order valence-electron chi connectivity index (χ4n) is 4.22. The highest BCUT2D eigenvalue weighted by Crippen LogP contribution is 2.44. The average Bonchev–Trinajstić information content (AvgIpc) is 3.26. The van der Waals surface area contributed by atoms with E-state index in [1.807, 2.05) is 6.07 Å². The lowest BCUT2D eigenvalue weighted by molar-refractivity contribution is -0.292. The molecule has 1 aromatic carbocycles. The Bertz CT molecular complexity index is 1320. The zero-order valence-electron chi connectivity index (χ0n) is 18.9. The number of nitrogens with zero attached hydrogens (tertiary/aromatic N) is 6. The summed E-state index contributed by atoms with van der Waals surface area (Å²) in [7, 11) is 0. The molecule has 12 heteroatoms. The van der Waals surface area contributed by atoms with Crippen LogP contribution in [0, 0.1) is 0 Å². The average molecular weight is 504 g/mol. The predicted octanol–water partition coefficient (Wildman–Crippen LogP) is 4.91. The van der Waals surface area contributed by atoms with Crippen molar-refractivity contribution in [1.29, 1.82) is 0 Å². The number of pyridine rings is 1. The van der Waals surface area contributed by atoms with E-state index in [0.717, 1.165) is 42.6 Å². The van der Waals surface area contributed by atoms with E-state index >= 15 is 0 Å². The molecule has 7 nitrogen and oxygen atoms in total. The normalized spacial score (nSPS) is 15.9. The van der Waals surface area contributed by atoms with Crippen LogP contribution in [0.3, 0.4) is 0 Å². The molecule has 0 amide bonds. The van der Waals surface area contributed by atoms with E-state index in [2.05, 4.69) is 25.1 Å². The van der Waals surface area contributed by atoms with Gasteiger partial charge in [0.25, 0.3) is 0 Å². The smallest absolute Gasteiger partial charge is 0.461 e. The van der Waals surface area contributed by atoms with E-state index in [4.69, 9.17) is 4.74 Å². The van der Waals surface area contributed by atoms with Crippen LogP contribution in [-0.2, 0) is 12.5 Å². The molecule has 1 saturated heterocycles. The number of piperidine rings is 1. The van der Waals surface area contributed by atoms with Gasteiger partial charge in [-0.15, -0.1) is 0 Å². The minimum atomic E-state index is -5.81. The number of rotatable bonds is 6. The van der Waals surface area contributed by atoms with E-state index in [-0.39, 0.29) is 23.0 Å². The minimum absolute atomic E-state index is 0.0384. The highest BCUT2D eigenvalue weighted by molar-refractivity contribution is 5.74. The van der Waals surface area contributed by atoms with Crippen molar-refractivity contribution < 1.29 is 26.7 Å². The van der Waals surface area contributed by atoms with Gasteiger partial charge >= 0.3 is 12.1 Å². The highest BCUT2D eigenvalue weighted by atomic mass is 19.4. The van der Waals surface area contributed by atoms with Gasteiger partial charge in [0.2, 0.25) is 0 Å². The van der Waals surface area contributed by atoms with Crippen molar-refractivity contribution in [3.63, 3.8) is 0 Å². The van der Waals surface area contributed by atoms with Crippen molar-refractivity contribution in [2.75, 3.05) is 13.1 Å². The molecular formula is C24H21F5N6O. The molecule has 0 bridgehead atoms. The SMILES string of the molecule is FC(F)(F)C(F)(F)c1nc2cccnc2n1-c1ccc(OC2CCN(Cc3ccnnc3)CC2)cc1. The number of halogens is 5. The third kappa shape index (κ3) is 4.72. The van der Waals surface area contributed by atoms with Crippen LogP contribution < -0.4 is 4.74 Å². The summed E-state index contributed by atoms with van der Waals surface area (Å²) >= 11 is 0. The van der Waals surface area contributed by atoms with E-state index in [0.29, 0.717) is 5.75 Å². The first-order chi connectivity index (χ1) is 17.2. The van der Waals surface area contributed by atoms with Crippen molar-refractivity contribution in [1.82, 2.24) is 29.6 Å². The number of hydrogen-bond donors (Lipinski definition) is 0. The summed E-state index contributed by atoms with van der Waals surface area (Å²) < 4.78 is 74.9. The predicted molar refractivity (Wildman–Crippen MR) is 120 cm³/mol. The van der Waals surface area contributed by atoms with Crippen molar-refractivity contribution in [3.8, 4) is 11.4 Å². The molecule has 188 valence electrons. The van der Waals surface area contributed by atoms with Crippen LogP contribution in [-0.4, -0.2) is 55.0 Å². The third-order valence-electron chi connectivity index (χ3n) is 6.04. The molecule has 1 aliphatic rings. The lowest BCUT2D eigenvalue weighted by Crippen LogP contribution is -2.37. The maximum Gasteiger partial charge on any atom is 0.461 e. The summed E-state index contributed by atoms with van der Waals surface area (Å²) in [6, 6.07) is 10.6. The Morgan fingerprint density at radius 2 is 1.67 bits per heavy atom. The standard InChI is InChI=1S/C24H21F5N6O/c25-23(26,24(27,28)29)22-33-20-2-1-10-30-21(20)35(22)17-3-5-18(6-4-17)36-19-8-12-34(13-9-19)15-16-7-11-31-32-14-16/h1-7,10-11,14,19H,8-9,12-13,15H2. The Kier molecular flexibility index (Phi) is 6.29. The van der Waals surface area contributed by atoms with Crippen LogP contribution in [0.25, 0.3) is 16.9 Å². The van der Waals surface area contributed by atoms with Crippen LogP contribution in [0.4, 0.5) is 22.0 Å². The number of ether oxygens (including phenoxy) is 1. The molecule has 0 saturated carbocycles. The molecule has 1 aliphatic heterocycles. The maximum atomic E-state index is 14.3. The van der Waals surface area contributed by atoms with Gasteiger partial charge in [-0.3, -0.25) is 9.47 Å². The molecule has 0 unspecified atom stereocenters. The van der Waals surface area contributed by atoms with Crippen molar-refractivity contribution in [3.05, 3.63) is 72.4 Å². The fourth-order valence-corrected chi connectivity index (χ4v) is 4.22. The van der Waals surface area contributed by atoms with E-state index in [1.165, 1.54) is 30.5 Å². The highest BCUT2D eigenvalue weighted by Gasteiger charge is 2.62. The van der Waals surface area contributed by atoms with E-state index in [1.54, 1.807) is 24.5 Å². The van der Waals surface area contributed by atoms with Gasteiger partial charge in [-0.05, 0) is 60.9 Å². The Hall–Kier alpha value is -3.67. The fraction of sp³-hybridized carbons (Fsp3) is 0.333. The van der Waals surface area contributed by atoms with Crippen LogP contribution in [0.2, 0.25) is 0 Å². The second kappa shape index (κ2) is 9.41. The van der Waals surface area contributed by atoms with Crippen molar-refractivity contribution >= 4 is 11.2 Å². The molecule has 5 rings (SSSR count). The van der Waals surface area contributed by atoms with Crippen LogP contribution >= 0.6 is 0 Å². The lowest BCUT2D eigenvalue weighted by Gasteiger charge is -2.32. The van der Waals surface area contributed by atoms with Crippen LogP contribution in [0.1, 0.15) is 24.2 Å². The molecule has 0 N–H and O–H groups in total. The molecule has 4 heterocycles. The van der Waals surface area contributed by atoms with Crippen LogP contribution in [0.5, 0.6) is 5.75 Å². The summed E-state index contributed by atoms with van der Waals surface area (Å²) in [5.41, 5.74) is 0.994. The van der Waals surface area contributed by atoms with Crippen LogP contribution in [0.15, 0.2) is 61.1 Å². The molecule has 3 aromatic heterocycles. The monoisotopic (exact) mass is 504 g/mol. The number of benzene rings is 1. The second-order valence-electron chi connectivity index (χ2n) is 8.53. The maximum absolute atomic E-state index is 14.3. The van der Waals surface area contributed by atoms with Crippen molar-refractivity contribution in [2.24, 2.45) is 0 Å². The van der Waals surface area contributed by atoms with Gasteiger partial charge in [0.15, 0.2) is 11.5 Å². The number of fused-ring (bicyclic) bond motifs is 1. The molecule has 4 aromatic rings. The lowest BCUT2D eigenvalue weighted by atomic mass is 10.1. The summed E-state index contributed by atoms with van der Waals surface area (Å²) in [4.78, 5) is 9.84. The number of hydrogen-bond acceptors (Lipinski definition) is 6. The Labute approximate surface area is 202 Å². The van der Waals surface area contributed by atoms with Gasteiger partial charge in [0.05, 0.1) is 6.20 Å². The van der Waals surface area contributed by atoms with E-state index in [9.17, 15) is 22.0 Å². The molecule has 0 radical (unpaired) electrons. The molecule has 0 spiro atoms. The van der Waals surface area contributed by atoms with Gasteiger partial charge < -0.3 is 4.74 Å². The van der Waals surface area contributed by atoms with Gasteiger partial charge in [-0.2, -0.15) is 32.1 Å². The minimum Gasteiger partial charge on any atom is -0.490 e. The zero-order valence-corrected chi connectivity index (χ0v) is 18.9. The molecule has 0 atom stereocenters. The van der Waals surface area contributed by atoms with Gasteiger partial charge in [0.1, 0.15) is 17.4 Å². The largest absolute Gasteiger partial charge is 0.490 e. The Balaban J connectivity index is 1.31. The van der Waals surface area contributed by atoms with Crippen molar-refractivity contribution in [2.45, 2.75) is 37.6 Å². The number of alkyl halides is 5. The summed E-state index contributed by atoms with van der Waals surface area (Å²) in [5, 5.41) is 7.66.